The molecular weight excluding hydrogens is 422 g/mol. The Balaban J connectivity index is 1.48. The summed E-state index contributed by atoms with van der Waals surface area (Å²) >= 11 is 5.82. The van der Waals surface area contributed by atoms with Crippen molar-refractivity contribution < 1.29 is 9.47 Å². The van der Waals surface area contributed by atoms with Gasteiger partial charge in [0.2, 0.25) is 0 Å². The van der Waals surface area contributed by atoms with Crippen LogP contribution in [0.1, 0.15) is 19.9 Å². The topological polar surface area (TPSA) is 47.7 Å². The first-order chi connectivity index (χ1) is 15.5. The summed E-state index contributed by atoms with van der Waals surface area (Å²) in [6.07, 6.45) is 0. The van der Waals surface area contributed by atoms with Crippen molar-refractivity contribution in [2.75, 3.05) is 45.3 Å². The van der Waals surface area contributed by atoms with Crippen molar-refractivity contribution >= 4 is 17.9 Å². The summed E-state index contributed by atoms with van der Waals surface area (Å²) in [5, 5.41) is 4.91. The molecule has 3 aromatic rings. The average molecular weight is 454 g/mol. The molecule has 1 saturated heterocycles. The molecule has 1 aliphatic heterocycles. The molecule has 8 heteroatoms. The molecule has 0 unspecified atom stereocenters. The van der Waals surface area contributed by atoms with Crippen molar-refractivity contribution in [3.8, 4) is 22.9 Å². The van der Waals surface area contributed by atoms with Crippen molar-refractivity contribution in [1.29, 1.82) is 0 Å². The first-order valence-electron chi connectivity index (χ1n) is 10.9. The Morgan fingerprint density at radius 3 is 1.97 bits per heavy atom. The minimum absolute atomic E-state index is 0.222. The Labute approximate surface area is 194 Å². The van der Waals surface area contributed by atoms with Gasteiger partial charge < -0.3 is 14.4 Å². The summed E-state index contributed by atoms with van der Waals surface area (Å²) in [7, 11) is 3.37. The maximum Gasteiger partial charge on any atom is 0.199 e. The molecule has 7 nitrogen and oxygen atoms in total. The molecule has 0 spiro atoms. The van der Waals surface area contributed by atoms with E-state index in [9.17, 15) is 0 Å². The highest BCUT2D eigenvalue weighted by atomic mass is 32.1. The van der Waals surface area contributed by atoms with E-state index in [4.69, 9.17) is 26.8 Å². The van der Waals surface area contributed by atoms with Crippen LogP contribution in [-0.2, 0) is 6.67 Å². The highest BCUT2D eigenvalue weighted by molar-refractivity contribution is 7.71. The molecule has 0 amide bonds. The number of anilines is 1. The molecule has 0 radical (unpaired) electrons. The second-order valence-electron chi connectivity index (χ2n) is 8.24. The summed E-state index contributed by atoms with van der Waals surface area (Å²) in [6, 6.07) is 16.5. The van der Waals surface area contributed by atoms with E-state index in [1.165, 1.54) is 5.69 Å². The molecule has 0 aliphatic carbocycles. The van der Waals surface area contributed by atoms with Crippen molar-refractivity contribution in [2.24, 2.45) is 0 Å². The van der Waals surface area contributed by atoms with Gasteiger partial charge in [-0.25, -0.2) is 4.68 Å². The average Bonchev–Trinajstić information content (AvgIpc) is 3.15. The standard InChI is InChI=1S/C24H31N5O2S/c1-18(2)29-23(19-5-9-21(30-3)10-6-19)25-28(24(29)32)17-26-13-15-27(16-14-26)20-7-11-22(31-4)12-8-20/h5-12,18H,13-17H2,1-4H3. The molecule has 1 aliphatic rings. The lowest BCUT2D eigenvalue weighted by Crippen LogP contribution is -2.47. The van der Waals surface area contributed by atoms with Crippen LogP contribution in [0, 0.1) is 4.77 Å². The minimum atomic E-state index is 0.222. The summed E-state index contributed by atoms with van der Waals surface area (Å²) in [5.41, 5.74) is 2.27. The van der Waals surface area contributed by atoms with Crippen molar-refractivity contribution in [2.45, 2.75) is 26.6 Å². The van der Waals surface area contributed by atoms with Crippen molar-refractivity contribution in [1.82, 2.24) is 19.2 Å². The SMILES string of the molecule is COc1ccc(-c2nn(CN3CCN(c4ccc(OC)cc4)CC3)c(=S)n2C(C)C)cc1. The van der Waals surface area contributed by atoms with Gasteiger partial charge in [-0.1, -0.05) is 0 Å². The first-order valence-corrected chi connectivity index (χ1v) is 11.4. The van der Waals surface area contributed by atoms with Crippen LogP contribution in [0.3, 0.4) is 0 Å². The van der Waals surface area contributed by atoms with Gasteiger partial charge in [0.25, 0.3) is 0 Å². The maximum atomic E-state index is 5.82. The summed E-state index contributed by atoms with van der Waals surface area (Å²) in [5.74, 6) is 2.61. The van der Waals surface area contributed by atoms with E-state index < -0.39 is 0 Å². The van der Waals surface area contributed by atoms with E-state index >= 15 is 0 Å². The Bertz CT molecular complexity index is 1080. The van der Waals surface area contributed by atoms with Crippen LogP contribution in [0.25, 0.3) is 11.4 Å². The quantitative estimate of drug-likeness (QED) is 0.493. The second kappa shape index (κ2) is 9.75. The molecule has 1 aromatic heterocycles. The maximum absolute atomic E-state index is 5.82. The monoisotopic (exact) mass is 453 g/mol. The number of piperazine rings is 1. The van der Waals surface area contributed by atoms with E-state index in [0.29, 0.717) is 6.67 Å². The number of benzene rings is 2. The zero-order valence-electron chi connectivity index (χ0n) is 19.2. The van der Waals surface area contributed by atoms with E-state index in [2.05, 4.69) is 40.3 Å². The number of ether oxygens (including phenoxy) is 2. The minimum Gasteiger partial charge on any atom is -0.497 e. The summed E-state index contributed by atoms with van der Waals surface area (Å²) < 4.78 is 15.4. The first kappa shape index (κ1) is 22.4. The van der Waals surface area contributed by atoms with Crippen LogP contribution < -0.4 is 14.4 Å². The number of nitrogens with zero attached hydrogens (tertiary/aromatic N) is 5. The summed E-state index contributed by atoms with van der Waals surface area (Å²) in [4.78, 5) is 4.82. The molecule has 170 valence electrons. The zero-order chi connectivity index (χ0) is 22.7. The fraction of sp³-hybridized carbons (Fsp3) is 0.417. The Morgan fingerprint density at radius 1 is 0.875 bits per heavy atom. The van der Waals surface area contributed by atoms with Gasteiger partial charge in [-0.15, -0.1) is 0 Å². The van der Waals surface area contributed by atoms with Gasteiger partial charge >= 0.3 is 0 Å². The van der Waals surface area contributed by atoms with Gasteiger partial charge in [-0.2, -0.15) is 5.10 Å². The van der Waals surface area contributed by atoms with E-state index in [-0.39, 0.29) is 6.04 Å². The third-order valence-electron chi connectivity index (χ3n) is 5.88. The number of methoxy groups -OCH3 is 2. The Kier molecular flexibility index (Phi) is 6.81. The molecule has 32 heavy (non-hydrogen) atoms. The third-order valence-corrected chi connectivity index (χ3v) is 6.29. The van der Waals surface area contributed by atoms with Gasteiger partial charge in [0.05, 0.1) is 20.9 Å². The van der Waals surface area contributed by atoms with Crippen LogP contribution in [0.15, 0.2) is 48.5 Å². The van der Waals surface area contributed by atoms with Crippen molar-refractivity contribution in [3.63, 3.8) is 0 Å². The highest BCUT2D eigenvalue weighted by Crippen LogP contribution is 2.25. The molecular formula is C24H31N5O2S. The van der Waals surface area contributed by atoms with Crippen LogP contribution in [0.5, 0.6) is 11.5 Å². The van der Waals surface area contributed by atoms with Gasteiger partial charge in [0, 0.05) is 43.5 Å². The van der Waals surface area contributed by atoms with Gasteiger partial charge in [0.15, 0.2) is 10.6 Å². The van der Waals surface area contributed by atoms with Crippen LogP contribution in [0.4, 0.5) is 5.69 Å². The van der Waals surface area contributed by atoms with E-state index in [0.717, 1.165) is 53.8 Å². The molecule has 0 atom stereocenters. The van der Waals surface area contributed by atoms with Crippen LogP contribution >= 0.6 is 12.2 Å². The molecule has 2 heterocycles. The van der Waals surface area contributed by atoms with Crippen LogP contribution in [-0.4, -0.2) is 59.6 Å². The zero-order valence-corrected chi connectivity index (χ0v) is 20.0. The number of hydrogen-bond donors (Lipinski definition) is 0. The fourth-order valence-electron chi connectivity index (χ4n) is 4.04. The van der Waals surface area contributed by atoms with Gasteiger partial charge in [-0.05, 0) is 74.6 Å². The third kappa shape index (κ3) is 4.66. The molecule has 0 saturated carbocycles. The van der Waals surface area contributed by atoms with E-state index in [1.807, 2.05) is 41.1 Å². The lowest BCUT2D eigenvalue weighted by molar-refractivity contribution is 0.194. The van der Waals surface area contributed by atoms with Gasteiger partial charge in [-0.3, -0.25) is 9.47 Å². The Morgan fingerprint density at radius 2 is 1.44 bits per heavy atom. The lowest BCUT2D eigenvalue weighted by atomic mass is 10.2. The largest absolute Gasteiger partial charge is 0.497 e. The number of hydrogen-bond acceptors (Lipinski definition) is 6. The van der Waals surface area contributed by atoms with Crippen molar-refractivity contribution in [3.05, 3.63) is 53.3 Å². The highest BCUT2D eigenvalue weighted by Gasteiger charge is 2.21. The second-order valence-corrected chi connectivity index (χ2v) is 8.61. The normalized spacial score (nSPS) is 14.7. The molecule has 2 aromatic carbocycles. The van der Waals surface area contributed by atoms with Gasteiger partial charge in [0.1, 0.15) is 11.5 Å². The predicted molar refractivity (Wildman–Crippen MR) is 130 cm³/mol. The number of rotatable bonds is 7. The predicted octanol–water partition coefficient (Wildman–Crippen LogP) is 4.46. The lowest BCUT2D eigenvalue weighted by Gasteiger charge is -2.35. The Hall–Kier alpha value is -2.84. The van der Waals surface area contributed by atoms with Crippen LogP contribution in [0.2, 0.25) is 0 Å². The van der Waals surface area contributed by atoms with E-state index in [1.54, 1.807) is 14.2 Å². The molecule has 4 rings (SSSR count). The number of aromatic nitrogens is 3. The fourth-order valence-corrected chi connectivity index (χ4v) is 4.44. The molecule has 1 fully saturated rings. The molecule has 0 bridgehead atoms. The summed E-state index contributed by atoms with van der Waals surface area (Å²) in [6.45, 7) is 8.83. The smallest absolute Gasteiger partial charge is 0.199 e. The molecule has 0 N–H and O–H groups in total.